The molecule has 1 aliphatic heterocycles. The van der Waals surface area contributed by atoms with Crippen molar-refractivity contribution in [3.05, 3.63) is 35.4 Å². The fourth-order valence-electron chi connectivity index (χ4n) is 4.02. The Morgan fingerprint density at radius 2 is 1.70 bits per heavy atom. The van der Waals surface area contributed by atoms with Crippen LogP contribution in [0.25, 0.3) is 0 Å². The number of benzene rings is 1. The van der Waals surface area contributed by atoms with Crippen LogP contribution in [0.3, 0.4) is 0 Å². The number of nitrogens with zero attached hydrogens (tertiary/aromatic N) is 1. The molecule has 0 aromatic heterocycles. The second-order valence-corrected chi connectivity index (χ2v) is 7.16. The summed E-state index contributed by atoms with van der Waals surface area (Å²) in [6.07, 6.45) is 8.49. The van der Waals surface area contributed by atoms with E-state index in [9.17, 15) is 4.79 Å². The first-order valence-electron chi connectivity index (χ1n) is 9.19. The van der Waals surface area contributed by atoms with Crippen molar-refractivity contribution in [2.75, 3.05) is 13.1 Å². The molecule has 0 bridgehead atoms. The van der Waals surface area contributed by atoms with Gasteiger partial charge in [-0.3, -0.25) is 9.69 Å². The Labute approximate surface area is 140 Å². The molecule has 3 nitrogen and oxygen atoms in total. The predicted octanol–water partition coefficient (Wildman–Crippen LogP) is 4.26. The number of carbonyl (C=O) groups is 1. The fraction of sp³-hybridized carbons (Fsp3) is 0.650. The molecule has 0 unspecified atom stereocenters. The Morgan fingerprint density at radius 3 is 2.30 bits per heavy atom. The monoisotopic (exact) mass is 315 g/mol. The second-order valence-electron chi connectivity index (χ2n) is 7.16. The van der Waals surface area contributed by atoms with Crippen LogP contribution in [0.5, 0.6) is 0 Å². The Bertz CT molecular complexity index is 497. The zero-order valence-electron chi connectivity index (χ0n) is 14.3. The molecule has 0 radical (unpaired) electrons. The summed E-state index contributed by atoms with van der Waals surface area (Å²) in [6.45, 7) is 5.11. The van der Waals surface area contributed by atoms with E-state index >= 15 is 0 Å². The van der Waals surface area contributed by atoms with Crippen LogP contribution in [0.1, 0.15) is 68.9 Å². The normalized spacial score (nSPS) is 26.0. The van der Waals surface area contributed by atoms with E-state index in [-0.39, 0.29) is 12.1 Å². The first kappa shape index (κ1) is 16.5. The molecule has 1 aromatic rings. The number of esters is 1. The van der Waals surface area contributed by atoms with Crippen LogP contribution < -0.4 is 0 Å². The van der Waals surface area contributed by atoms with Crippen LogP contribution in [-0.2, 0) is 16.1 Å². The van der Waals surface area contributed by atoms with Gasteiger partial charge in [-0.2, -0.15) is 0 Å². The van der Waals surface area contributed by atoms with Gasteiger partial charge in [0.1, 0.15) is 6.10 Å². The van der Waals surface area contributed by atoms with Gasteiger partial charge in [-0.05, 0) is 68.7 Å². The van der Waals surface area contributed by atoms with E-state index < -0.39 is 0 Å². The predicted molar refractivity (Wildman–Crippen MR) is 92.3 cm³/mol. The molecule has 0 amide bonds. The number of carbonyl (C=O) groups excluding carboxylic acids is 1. The second kappa shape index (κ2) is 7.96. The molecule has 1 aliphatic carbocycles. The Balaban J connectivity index is 1.50. The van der Waals surface area contributed by atoms with Gasteiger partial charge in [-0.25, -0.2) is 0 Å². The molecule has 126 valence electrons. The van der Waals surface area contributed by atoms with Crippen molar-refractivity contribution in [2.24, 2.45) is 0 Å². The maximum absolute atomic E-state index is 11.0. The Morgan fingerprint density at radius 1 is 1.04 bits per heavy atom. The zero-order valence-corrected chi connectivity index (χ0v) is 14.3. The lowest BCUT2D eigenvalue weighted by molar-refractivity contribution is -0.147. The summed E-state index contributed by atoms with van der Waals surface area (Å²) in [5.41, 5.74) is 2.89. The Hall–Kier alpha value is -1.35. The summed E-state index contributed by atoms with van der Waals surface area (Å²) in [4.78, 5) is 13.6. The topological polar surface area (TPSA) is 29.5 Å². The van der Waals surface area contributed by atoms with Crippen LogP contribution in [0, 0.1) is 0 Å². The number of rotatable bonds is 4. The first-order valence-corrected chi connectivity index (χ1v) is 9.19. The lowest BCUT2D eigenvalue weighted by Gasteiger charge is -2.29. The molecule has 0 spiro atoms. The highest BCUT2D eigenvalue weighted by Crippen LogP contribution is 2.34. The van der Waals surface area contributed by atoms with E-state index in [0.717, 1.165) is 32.2 Å². The van der Waals surface area contributed by atoms with Crippen molar-refractivity contribution in [3.8, 4) is 0 Å². The Kier molecular flexibility index (Phi) is 5.71. The van der Waals surface area contributed by atoms with Gasteiger partial charge in [0.2, 0.25) is 0 Å². The molecule has 1 saturated heterocycles. The molecule has 0 N–H and O–H groups in total. The molecule has 1 saturated carbocycles. The number of hydrogen-bond donors (Lipinski definition) is 0. The van der Waals surface area contributed by atoms with Crippen molar-refractivity contribution in [2.45, 2.75) is 70.4 Å². The van der Waals surface area contributed by atoms with E-state index in [1.54, 1.807) is 0 Å². The van der Waals surface area contributed by atoms with Gasteiger partial charge < -0.3 is 4.74 Å². The van der Waals surface area contributed by atoms with Gasteiger partial charge >= 0.3 is 5.97 Å². The largest absolute Gasteiger partial charge is 0.463 e. The lowest BCUT2D eigenvalue weighted by atomic mass is 9.82. The molecule has 2 aliphatic rings. The van der Waals surface area contributed by atoms with Crippen molar-refractivity contribution in [1.29, 1.82) is 0 Å². The van der Waals surface area contributed by atoms with E-state index in [0.29, 0.717) is 5.92 Å². The number of ether oxygens (including phenoxy) is 1. The average molecular weight is 315 g/mol. The number of piperidine rings is 1. The highest BCUT2D eigenvalue weighted by molar-refractivity contribution is 5.66. The molecular weight excluding hydrogens is 286 g/mol. The van der Waals surface area contributed by atoms with Gasteiger partial charge in [-0.15, -0.1) is 0 Å². The third-order valence-electron chi connectivity index (χ3n) is 5.31. The molecule has 1 aromatic carbocycles. The summed E-state index contributed by atoms with van der Waals surface area (Å²) >= 11 is 0. The van der Waals surface area contributed by atoms with E-state index in [1.165, 1.54) is 50.4 Å². The SMILES string of the molecule is CC(=O)OC1CCC(c2ccc(CN3CCCCC3)cc2)CC1. The van der Waals surface area contributed by atoms with Gasteiger partial charge in [0, 0.05) is 13.5 Å². The van der Waals surface area contributed by atoms with Crippen LogP contribution in [-0.4, -0.2) is 30.1 Å². The van der Waals surface area contributed by atoms with Gasteiger partial charge in [0.15, 0.2) is 0 Å². The van der Waals surface area contributed by atoms with Crippen molar-refractivity contribution in [3.63, 3.8) is 0 Å². The molecule has 1 heterocycles. The molecule has 23 heavy (non-hydrogen) atoms. The van der Waals surface area contributed by atoms with Crippen molar-refractivity contribution >= 4 is 5.97 Å². The van der Waals surface area contributed by atoms with Crippen LogP contribution >= 0.6 is 0 Å². The average Bonchev–Trinajstić information content (AvgIpc) is 2.57. The number of hydrogen-bond acceptors (Lipinski definition) is 3. The third-order valence-corrected chi connectivity index (χ3v) is 5.31. The smallest absolute Gasteiger partial charge is 0.302 e. The zero-order chi connectivity index (χ0) is 16.1. The minimum atomic E-state index is -0.143. The maximum Gasteiger partial charge on any atom is 0.302 e. The van der Waals surface area contributed by atoms with Crippen LogP contribution in [0.15, 0.2) is 24.3 Å². The lowest BCUT2D eigenvalue weighted by Crippen LogP contribution is -2.29. The summed E-state index contributed by atoms with van der Waals surface area (Å²) in [6, 6.07) is 9.25. The summed E-state index contributed by atoms with van der Waals surface area (Å²) in [5, 5.41) is 0. The molecule has 3 rings (SSSR count). The van der Waals surface area contributed by atoms with Crippen molar-refractivity contribution < 1.29 is 9.53 Å². The van der Waals surface area contributed by atoms with Gasteiger partial charge in [-0.1, -0.05) is 30.7 Å². The minimum Gasteiger partial charge on any atom is -0.463 e. The molecule has 2 fully saturated rings. The van der Waals surface area contributed by atoms with Crippen LogP contribution in [0.4, 0.5) is 0 Å². The first-order chi connectivity index (χ1) is 11.2. The number of likely N-dealkylation sites (tertiary alicyclic amines) is 1. The molecule has 0 atom stereocenters. The molecular formula is C20H29NO2. The maximum atomic E-state index is 11.0. The summed E-state index contributed by atoms with van der Waals surface area (Å²) in [7, 11) is 0. The van der Waals surface area contributed by atoms with E-state index in [2.05, 4.69) is 29.2 Å². The fourth-order valence-corrected chi connectivity index (χ4v) is 4.02. The standard InChI is InChI=1S/C20H29NO2/c1-16(22)23-20-11-9-19(10-12-20)18-7-5-17(6-8-18)15-21-13-3-2-4-14-21/h5-8,19-20H,2-4,9-15H2,1H3. The van der Waals surface area contributed by atoms with E-state index in [4.69, 9.17) is 4.74 Å². The van der Waals surface area contributed by atoms with Gasteiger partial charge in [0.25, 0.3) is 0 Å². The highest BCUT2D eigenvalue weighted by atomic mass is 16.5. The van der Waals surface area contributed by atoms with E-state index in [1.807, 2.05) is 0 Å². The third kappa shape index (κ3) is 4.81. The summed E-state index contributed by atoms with van der Waals surface area (Å²) < 4.78 is 5.33. The molecule has 3 heteroatoms. The van der Waals surface area contributed by atoms with Crippen LogP contribution in [0.2, 0.25) is 0 Å². The minimum absolute atomic E-state index is 0.141. The highest BCUT2D eigenvalue weighted by Gasteiger charge is 2.24. The summed E-state index contributed by atoms with van der Waals surface area (Å²) in [5.74, 6) is 0.487. The van der Waals surface area contributed by atoms with Crippen molar-refractivity contribution in [1.82, 2.24) is 4.90 Å². The van der Waals surface area contributed by atoms with Gasteiger partial charge in [0.05, 0.1) is 0 Å². The quantitative estimate of drug-likeness (QED) is 0.777.